The lowest BCUT2D eigenvalue weighted by Gasteiger charge is -2.13. The summed E-state index contributed by atoms with van der Waals surface area (Å²) in [5.41, 5.74) is 3.21. The van der Waals surface area contributed by atoms with Crippen LogP contribution in [0.15, 0.2) is 41.0 Å². The molecule has 0 aliphatic heterocycles. The lowest BCUT2D eigenvalue weighted by atomic mass is 10.1. The van der Waals surface area contributed by atoms with Crippen LogP contribution in [-0.4, -0.2) is 5.91 Å². The minimum absolute atomic E-state index is 0.0528. The monoisotopic (exact) mass is 241 g/mol. The standard InChI is InChI=1S/C15H15NO2/c1-10-12(8-9-18-10)15(17)16-14-7-6-11-4-2-3-5-13(11)14/h2-5,8-9,14H,6-7H2,1H3,(H,16,17). The summed E-state index contributed by atoms with van der Waals surface area (Å²) < 4.78 is 5.16. The number of benzene rings is 1. The highest BCUT2D eigenvalue weighted by Crippen LogP contribution is 2.31. The van der Waals surface area contributed by atoms with Crippen molar-refractivity contribution in [1.82, 2.24) is 5.32 Å². The van der Waals surface area contributed by atoms with E-state index < -0.39 is 0 Å². The summed E-state index contributed by atoms with van der Waals surface area (Å²) in [4.78, 5) is 12.1. The van der Waals surface area contributed by atoms with E-state index in [4.69, 9.17) is 4.42 Å². The third-order valence-corrected chi connectivity index (χ3v) is 3.54. The highest BCUT2D eigenvalue weighted by Gasteiger charge is 2.24. The Kier molecular flexibility index (Phi) is 2.67. The fraction of sp³-hybridized carbons (Fsp3) is 0.267. The molecule has 0 bridgehead atoms. The molecule has 2 aromatic rings. The summed E-state index contributed by atoms with van der Waals surface area (Å²) in [6, 6.07) is 10.1. The van der Waals surface area contributed by atoms with E-state index in [0.29, 0.717) is 11.3 Å². The lowest BCUT2D eigenvalue weighted by molar-refractivity contribution is 0.0935. The summed E-state index contributed by atoms with van der Waals surface area (Å²) >= 11 is 0. The summed E-state index contributed by atoms with van der Waals surface area (Å²) in [5, 5.41) is 3.08. The smallest absolute Gasteiger partial charge is 0.255 e. The SMILES string of the molecule is Cc1occc1C(=O)NC1CCc2ccccc21. The Morgan fingerprint density at radius 1 is 1.33 bits per heavy atom. The van der Waals surface area contributed by atoms with Gasteiger partial charge in [-0.3, -0.25) is 4.79 Å². The molecule has 0 spiro atoms. The number of fused-ring (bicyclic) bond motifs is 1. The molecule has 1 amide bonds. The van der Waals surface area contributed by atoms with Crippen molar-refractivity contribution in [3.8, 4) is 0 Å². The highest BCUT2D eigenvalue weighted by atomic mass is 16.3. The van der Waals surface area contributed by atoms with Crippen LogP contribution in [0.2, 0.25) is 0 Å². The molecule has 0 fully saturated rings. The lowest BCUT2D eigenvalue weighted by Crippen LogP contribution is -2.27. The Labute approximate surface area is 106 Å². The zero-order valence-electron chi connectivity index (χ0n) is 10.3. The third kappa shape index (κ3) is 1.82. The van der Waals surface area contributed by atoms with Crippen LogP contribution in [0.5, 0.6) is 0 Å². The third-order valence-electron chi connectivity index (χ3n) is 3.54. The van der Waals surface area contributed by atoms with Gasteiger partial charge in [0.2, 0.25) is 0 Å². The van der Waals surface area contributed by atoms with E-state index in [1.807, 2.05) is 12.1 Å². The van der Waals surface area contributed by atoms with Gasteiger partial charge >= 0.3 is 0 Å². The molecule has 1 N–H and O–H groups in total. The molecule has 18 heavy (non-hydrogen) atoms. The summed E-state index contributed by atoms with van der Waals surface area (Å²) in [5.74, 6) is 0.613. The number of hydrogen-bond donors (Lipinski definition) is 1. The molecule has 3 rings (SSSR count). The van der Waals surface area contributed by atoms with E-state index in [2.05, 4.69) is 17.4 Å². The average molecular weight is 241 g/mol. The normalized spacial score (nSPS) is 17.5. The van der Waals surface area contributed by atoms with E-state index in [1.54, 1.807) is 19.3 Å². The van der Waals surface area contributed by atoms with Crippen molar-refractivity contribution in [3.05, 3.63) is 59.0 Å². The Morgan fingerprint density at radius 2 is 2.17 bits per heavy atom. The molecular formula is C15H15NO2. The van der Waals surface area contributed by atoms with Crippen molar-refractivity contribution >= 4 is 5.91 Å². The van der Waals surface area contributed by atoms with Gasteiger partial charge in [-0.25, -0.2) is 0 Å². The first-order valence-electron chi connectivity index (χ1n) is 6.18. The fourth-order valence-corrected chi connectivity index (χ4v) is 2.56. The van der Waals surface area contributed by atoms with E-state index >= 15 is 0 Å². The molecule has 1 aromatic heterocycles. The highest BCUT2D eigenvalue weighted by molar-refractivity contribution is 5.95. The number of furan rings is 1. The Morgan fingerprint density at radius 3 is 2.94 bits per heavy atom. The molecule has 3 nitrogen and oxygen atoms in total. The van der Waals surface area contributed by atoms with Crippen LogP contribution in [0.4, 0.5) is 0 Å². The number of rotatable bonds is 2. The second-order valence-electron chi connectivity index (χ2n) is 4.65. The molecule has 0 radical (unpaired) electrons. The number of hydrogen-bond acceptors (Lipinski definition) is 2. The number of aryl methyl sites for hydroxylation is 2. The van der Waals surface area contributed by atoms with Gasteiger partial charge in [0.05, 0.1) is 17.9 Å². The molecule has 1 aliphatic carbocycles. The predicted molar refractivity (Wildman–Crippen MR) is 68.4 cm³/mol. The van der Waals surface area contributed by atoms with Crippen LogP contribution in [0, 0.1) is 6.92 Å². The Balaban J connectivity index is 1.79. The summed E-state index contributed by atoms with van der Waals surface area (Å²) in [7, 11) is 0. The van der Waals surface area contributed by atoms with E-state index in [9.17, 15) is 4.79 Å². The largest absolute Gasteiger partial charge is 0.469 e. The van der Waals surface area contributed by atoms with Crippen molar-refractivity contribution in [2.45, 2.75) is 25.8 Å². The minimum Gasteiger partial charge on any atom is -0.469 e. The second-order valence-corrected chi connectivity index (χ2v) is 4.65. The van der Waals surface area contributed by atoms with Gasteiger partial charge in [-0.2, -0.15) is 0 Å². The van der Waals surface area contributed by atoms with Crippen LogP contribution in [0.25, 0.3) is 0 Å². The van der Waals surface area contributed by atoms with Crippen molar-refractivity contribution in [1.29, 1.82) is 0 Å². The molecule has 1 atom stereocenters. The maximum Gasteiger partial charge on any atom is 0.255 e. The maximum absolute atomic E-state index is 12.1. The van der Waals surface area contributed by atoms with Gasteiger partial charge in [0.1, 0.15) is 5.76 Å². The maximum atomic E-state index is 12.1. The van der Waals surface area contributed by atoms with E-state index in [1.165, 1.54) is 11.1 Å². The Hall–Kier alpha value is -2.03. The predicted octanol–water partition coefficient (Wildman–Crippen LogP) is 3.01. The van der Waals surface area contributed by atoms with Crippen molar-refractivity contribution in [3.63, 3.8) is 0 Å². The molecule has 0 saturated heterocycles. The first-order chi connectivity index (χ1) is 8.75. The van der Waals surface area contributed by atoms with Crippen molar-refractivity contribution in [2.75, 3.05) is 0 Å². The van der Waals surface area contributed by atoms with Crippen LogP contribution in [0.3, 0.4) is 0 Å². The molecule has 1 unspecified atom stereocenters. The van der Waals surface area contributed by atoms with E-state index in [0.717, 1.165) is 12.8 Å². The van der Waals surface area contributed by atoms with Gasteiger partial charge < -0.3 is 9.73 Å². The quantitative estimate of drug-likeness (QED) is 0.878. The van der Waals surface area contributed by atoms with Crippen LogP contribution in [0.1, 0.15) is 39.7 Å². The van der Waals surface area contributed by atoms with Gasteiger partial charge in [0.25, 0.3) is 5.91 Å². The summed E-state index contributed by atoms with van der Waals surface area (Å²) in [6.45, 7) is 1.80. The zero-order chi connectivity index (χ0) is 12.5. The molecule has 1 heterocycles. The van der Waals surface area contributed by atoms with Crippen LogP contribution < -0.4 is 5.32 Å². The number of carbonyl (C=O) groups is 1. The van der Waals surface area contributed by atoms with Crippen LogP contribution in [-0.2, 0) is 6.42 Å². The van der Waals surface area contributed by atoms with Gasteiger partial charge in [0.15, 0.2) is 0 Å². The van der Waals surface area contributed by atoms with Gasteiger partial charge in [-0.1, -0.05) is 24.3 Å². The van der Waals surface area contributed by atoms with Gasteiger partial charge in [-0.05, 0) is 37.0 Å². The molecule has 92 valence electrons. The molecule has 1 aliphatic rings. The fourth-order valence-electron chi connectivity index (χ4n) is 2.56. The average Bonchev–Trinajstić information content (AvgIpc) is 2.97. The number of nitrogens with one attached hydrogen (secondary N) is 1. The van der Waals surface area contributed by atoms with Crippen LogP contribution >= 0.6 is 0 Å². The van der Waals surface area contributed by atoms with Crippen molar-refractivity contribution in [2.24, 2.45) is 0 Å². The van der Waals surface area contributed by atoms with E-state index in [-0.39, 0.29) is 11.9 Å². The zero-order valence-corrected chi connectivity index (χ0v) is 10.3. The molecule has 3 heteroatoms. The number of amides is 1. The Bertz CT molecular complexity index is 586. The van der Waals surface area contributed by atoms with Gasteiger partial charge in [-0.15, -0.1) is 0 Å². The molecule has 0 saturated carbocycles. The van der Waals surface area contributed by atoms with Crippen molar-refractivity contribution < 1.29 is 9.21 Å². The topological polar surface area (TPSA) is 42.2 Å². The molecular weight excluding hydrogens is 226 g/mol. The first kappa shape index (κ1) is 11.1. The molecule has 1 aromatic carbocycles. The minimum atomic E-state index is -0.0528. The first-order valence-corrected chi connectivity index (χ1v) is 6.18. The second kappa shape index (κ2) is 4.33. The van der Waals surface area contributed by atoms with Gasteiger partial charge in [0, 0.05) is 0 Å². The number of carbonyl (C=O) groups excluding carboxylic acids is 1. The summed E-state index contributed by atoms with van der Waals surface area (Å²) in [6.07, 6.45) is 3.56.